The second kappa shape index (κ2) is 4.43. The van der Waals surface area contributed by atoms with Crippen LogP contribution in [0, 0.1) is 18.8 Å². The normalized spacial score (nSPS) is 28.3. The fourth-order valence-corrected chi connectivity index (χ4v) is 4.69. The Kier molecular flexibility index (Phi) is 2.64. The van der Waals surface area contributed by atoms with Crippen molar-refractivity contribution < 1.29 is 8.78 Å². The average Bonchev–Trinajstić information content (AvgIpc) is 2.91. The van der Waals surface area contributed by atoms with Gasteiger partial charge in [0.2, 0.25) is 0 Å². The number of benzene rings is 1. The highest BCUT2D eigenvalue weighted by Gasteiger charge is 2.54. The summed E-state index contributed by atoms with van der Waals surface area (Å²) >= 11 is 0. The lowest BCUT2D eigenvalue weighted by Gasteiger charge is -2.45. The highest BCUT2D eigenvalue weighted by atomic mass is 19.3. The van der Waals surface area contributed by atoms with Gasteiger partial charge in [-0.05, 0) is 23.3 Å². The molecule has 4 aliphatic rings. The van der Waals surface area contributed by atoms with Crippen LogP contribution in [0.5, 0.6) is 0 Å². The third-order valence-electron chi connectivity index (χ3n) is 6.00. The predicted octanol–water partition coefficient (Wildman–Crippen LogP) is 3.06. The number of alkyl halides is 2. The van der Waals surface area contributed by atoms with Gasteiger partial charge in [-0.15, -0.1) is 0 Å². The number of halogens is 2. The molecule has 128 valence electrons. The lowest BCUT2D eigenvalue weighted by atomic mass is 9.77. The smallest absolute Gasteiger partial charge is 0.283 e. The largest absolute Gasteiger partial charge is 0.335 e. The molecule has 2 unspecified atom stereocenters. The van der Waals surface area contributed by atoms with Crippen molar-refractivity contribution in [2.45, 2.75) is 26.7 Å². The minimum absolute atomic E-state index is 0.109. The Labute approximate surface area is 145 Å². The number of hydrogen-bond donors (Lipinski definition) is 0. The molecule has 25 heavy (non-hydrogen) atoms. The number of hydrogen-bond acceptors (Lipinski definition) is 2. The molecule has 0 bridgehead atoms. The molecule has 5 rings (SSSR count). The van der Waals surface area contributed by atoms with E-state index in [1.165, 1.54) is 5.56 Å². The number of aryl methyl sites for hydroxylation is 1. The van der Waals surface area contributed by atoms with Gasteiger partial charge in [-0.2, -0.15) is 0 Å². The van der Waals surface area contributed by atoms with E-state index < -0.39 is 11.8 Å². The lowest BCUT2D eigenvalue weighted by Crippen LogP contribution is -2.50. The first-order valence-corrected chi connectivity index (χ1v) is 8.74. The summed E-state index contributed by atoms with van der Waals surface area (Å²) < 4.78 is 30.4. The highest BCUT2D eigenvalue weighted by Crippen LogP contribution is 2.54. The molecule has 2 nitrogen and oxygen atoms in total. The average molecular weight is 338 g/mol. The number of allylic oxidation sites excluding steroid dienone is 5. The molecule has 0 spiro atoms. The van der Waals surface area contributed by atoms with Crippen LogP contribution in [0.2, 0.25) is 0 Å². The summed E-state index contributed by atoms with van der Waals surface area (Å²) in [6, 6.07) is 6.19. The van der Waals surface area contributed by atoms with Crippen LogP contribution >= 0.6 is 0 Å². The molecule has 0 radical (unpaired) electrons. The van der Waals surface area contributed by atoms with E-state index in [-0.39, 0.29) is 11.5 Å². The Morgan fingerprint density at radius 2 is 1.92 bits per heavy atom. The van der Waals surface area contributed by atoms with Crippen LogP contribution < -0.4 is 10.4 Å². The van der Waals surface area contributed by atoms with E-state index in [0.29, 0.717) is 11.4 Å². The molecule has 3 aliphatic heterocycles. The summed E-state index contributed by atoms with van der Waals surface area (Å²) in [6.45, 7) is 5.82. The van der Waals surface area contributed by atoms with Crippen LogP contribution in [0.1, 0.15) is 19.4 Å². The van der Waals surface area contributed by atoms with Gasteiger partial charge in [0, 0.05) is 30.0 Å². The summed E-state index contributed by atoms with van der Waals surface area (Å²) in [7, 11) is 1.95. The van der Waals surface area contributed by atoms with E-state index in [2.05, 4.69) is 30.9 Å². The number of rotatable bonds is 0. The maximum absolute atomic E-state index is 15.2. The van der Waals surface area contributed by atoms with Crippen molar-refractivity contribution in [3.05, 3.63) is 69.5 Å². The van der Waals surface area contributed by atoms with Gasteiger partial charge in [0.15, 0.2) is 0 Å². The number of nitrogens with zero attached hydrogens (tertiary/aromatic N) is 2. The fourth-order valence-electron chi connectivity index (χ4n) is 4.69. The van der Waals surface area contributed by atoms with Gasteiger partial charge in [0.1, 0.15) is 5.82 Å². The molecule has 0 N–H and O–H groups in total. The van der Waals surface area contributed by atoms with Crippen LogP contribution in [0.3, 0.4) is 0 Å². The summed E-state index contributed by atoms with van der Waals surface area (Å²) in [5.41, 5.74) is 3.74. The van der Waals surface area contributed by atoms with E-state index in [4.69, 9.17) is 0 Å². The maximum atomic E-state index is 15.2. The molecule has 0 aromatic heterocycles. The molecule has 0 amide bonds. The molecule has 3 heterocycles. The topological polar surface area (TPSA) is 6.48 Å². The van der Waals surface area contributed by atoms with Crippen LogP contribution in [0.25, 0.3) is 11.4 Å². The van der Waals surface area contributed by atoms with Crippen molar-refractivity contribution in [2.24, 2.45) is 11.8 Å². The lowest BCUT2D eigenvalue weighted by molar-refractivity contribution is -0.0110. The Morgan fingerprint density at radius 3 is 2.68 bits per heavy atom. The first-order chi connectivity index (χ1) is 11.8. The second-order valence-corrected chi connectivity index (χ2v) is 7.49. The molecule has 4 heteroatoms. The van der Waals surface area contributed by atoms with Gasteiger partial charge in [0.25, 0.3) is 5.92 Å². The second-order valence-electron chi connectivity index (χ2n) is 7.49. The molecule has 0 saturated carbocycles. The van der Waals surface area contributed by atoms with Crippen molar-refractivity contribution in [1.82, 2.24) is 9.80 Å². The van der Waals surface area contributed by atoms with Gasteiger partial charge < -0.3 is 4.90 Å². The predicted molar refractivity (Wildman–Crippen MR) is 94.4 cm³/mol. The molecule has 1 aromatic rings. The van der Waals surface area contributed by atoms with Crippen LogP contribution in [-0.2, 0) is 0 Å². The van der Waals surface area contributed by atoms with Crippen molar-refractivity contribution in [2.75, 3.05) is 7.05 Å². The Balaban J connectivity index is 2.06. The molecule has 1 aliphatic carbocycles. The third-order valence-corrected chi connectivity index (χ3v) is 6.00. The molecule has 0 saturated heterocycles. The quantitative estimate of drug-likeness (QED) is 0.717. The van der Waals surface area contributed by atoms with Crippen LogP contribution in [0.15, 0.2) is 53.5 Å². The zero-order valence-electron chi connectivity index (χ0n) is 14.8. The van der Waals surface area contributed by atoms with Gasteiger partial charge >= 0.3 is 0 Å². The van der Waals surface area contributed by atoms with Gasteiger partial charge in [-0.1, -0.05) is 44.2 Å². The van der Waals surface area contributed by atoms with Crippen LogP contribution in [-0.4, -0.2) is 22.8 Å². The standard InChI is InChI=1S/C21H20F2N2/c1-11-6-5-7-14-17-12(2)8-9-15-19(17)25-16(13(3)21(15,22)23)10-24(4)20(25)18(11)14/h5-10,12-13H,1-4H3. The molecule has 2 atom stereocenters. The summed E-state index contributed by atoms with van der Waals surface area (Å²) in [4.78, 5) is 4.09. The summed E-state index contributed by atoms with van der Waals surface area (Å²) in [6.07, 6.45) is 5.44. The van der Waals surface area contributed by atoms with E-state index in [1.807, 2.05) is 30.3 Å². The van der Waals surface area contributed by atoms with Crippen LogP contribution in [0.4, 0.5) is 8.78 Å². The molecule has 0 fully saturated rings. The number of fused-ring (bicyclic) bond motifs is 1. The van der Waals surface area contributed by atoms with Crippen molar-refractivity contribution in [1.29, 1.82) is 0 Å². The molecule has 1 aromatic carbocycles. The zero-order chi connectivity index (χ0) is 17.7. The third kappa shape index (κ3) is 1.58. The minimum atomic E-state index is -2.86. The monoisotopic (exact) mass is 338 g/mol. The van der Waals surface area contributed by atoms with Crippen molar-refractivity contribution in [3.8, 4) is 0 Å². The van der Waals surface area contributed by atoms with Gasteiger partial charge in [0.05, 0.1) is 17.3 Å². The van der Waals surface area contributed by atoms with E-state index in [9.17, 15) is 0 Å². The Hall–Kier alpha value is -2.36. The summed E-state index contributed by atoms with van der Waals surface area (Å²) in [5.74, 6) is -2.60. The van der Waals surface area contributed by atoms with Gasteiger partial charge in [-0.3, -0.25) is 4.90 Å². The fraction of sp³-hybridized carbons (Fsp3) is 0.333. The minimum Gasteiger partial charge on any atom is -0.335 e. The van der Waals surface area contributed by atoms with Gasteiger partial charge in [-0.25, -0.2) is 8.78 Å². The zero-order valence-corrected chi connectivity index (χ0v) is 14.8. The van der Waals surface area contributed by atoms with E-state index in [0.717, 1.165) is 21.8 Å². The van der Waals surface area contributed by atoms with E-state index >= 15 is 8.78 Å². The Bertz CT molecular complexity index is 1040. The SMILES string of the molecule is Cc1cccc2c1=C1N(C)C=C3C(C)C(F)(F)C4=C(C=2C(C)C=C4)N31. The Morgan fingerprint density at radius 1 is 1.16 bits per heavy atom. The summed E-state index contributed by atoms with van der Waals surface area (Å²) in [5, 5.41) is 2.25. The maximum Gasteiger partial charge on any atom is 0.283 e. The van der Waals surface area contributed by atoms with Crippen molar-refractivity contribution in [3.63, 3.8) is 0 Å². The first kappa shape index (κ1) is 14.9. The van der Waals surface area contributed by atoms with E-state index in [1.54, 1.807) is 13.0 Å². The molecular formula is C21H20F2N2. The highest BCUT2D eigenvalue weighted by molar-refractivity contribution is 5.81. The first-order valence-electron chi connectivity index (χ1n) is 8.74. The van der Waals surface area contributed by atoms with Crippen molar-refractivity contribution >= 4 is 11.4 Å². The molecular weight excluding hydrogens is 318 g/mol.